The summed E-state index contributed by atoms with van der Waals surface area (Å²) in [5.74, 6) is -5.00. The average molecular weight is 868 g/mol. The van der Waals surface area contributed by atoms with Crippen LogP contribution in [0.3, 0.4) is 0 Å². The lowest BCUT2D eigenvalue weighted by atomic mass is 10.0. The summed E-state index contributed by atoms with van der Waals surface area (Å²) in [7, 11) is 0. The second-order valence-electron chi connectivity index (χ2n) is 15.1. The van der Waals surface area contributed by atoms with Gasteiger partial charge in [0.2, 0.25) is 29.5 Å². The number of H-pyrrole nitrogens is 2. The number of imidazole rings is 1. The second-order valence-corrected chi connectivity index (χ2v) is 15.4. The van der Waals surface area contributed by atoms with Crippen molar-refractivity contribution in [2.24, 2.45) is 0 Å². The Balaban J connectivity index is 1.22. The molecule has 0 saturated carbocycles. The topological polar surface area (TPSA) is 280 Å². The van der Waals surface area contributed by atoms with Crippen molar-refractivity contribution in [3.05, 3.63) is 114 Å². The number of rotatable bonds is 20. The van der Waals surface area contributed by atoms with Gasteiger partial charge in [-0.1, -0.05) is 42.5 Å². The first kappa shape index (κ1) is 44.7. The molecule has 3 aromatic carbocycles. The van der Waals surface area contributed by atoms with Gasteiger partial charge in [0.25, 0.3) is 0 Å². The van der Waals surface area contributed by atoms with Crippen molar-refractivity contribution in [1.29, 1.82) is 0 Å². The van der Waals surface area contributed by atoms with Gasteiger partial charge in [-0.15, -0.1) is 0 Å². The largest absolute Gasteiger partial charge is 0.508 e. The van der Waals surface area contributed by atoms with E-state index in [2.05, 4.69) is 59.5 Å². The number of benzene rings is 3. The summed E-state index contributed by atoms with van der Waals surface area (Å²) in [6.07, 6.45) is 5.62. The van der Waals surface area contributed by atoms with Gasteiger partial charge in [-0.25, -0.2) is 9.78 Å². The van der Waals surface area contributed by atoms with Crippen LogP contribution in [0.1, 0.15) is 35.2 Å². The number of nitrogens with zero attached hydrogens (tertiary/aromatic N) is 1. The lowest BCUT2D eigenvalue weighted by Gasteiger charge is -2.27. The molecule has 0 spiro atoms. The summed E-state index contributed by atoms with van der Waals surface area (Å²) >= 11 is 4.35. The van der Waals surface area contributed by atoms with E-state index in [-0.39, 0.29) is 48.8 Å². The van der Waals surface area contributed by atoms with E-state index in [1.54, 1.807) is 18.3 Å². The Morgan fingerprint density at radius 2 is 1.23 bits per heavy atom. The number of hydrogen-bond donors (Lipinski definition) is 12. The molecule has 326 valence electrons. The Labute approximate surface area is 361 Å². The van der Waals surface area contributed by atoms with Gasteiger partial charge in [0, 0.05) is 60.4 Å². The number of amides is 5. The molecule has 19 heteroatoms. The molecular weight excluding hydrogens is 819 g/mol. The third kappa shape index (κ3) is 12.1. The number of phenolic OH excluding ortho intramolecular Hbond substituents is 2. The van der Waals surface area contributed by atoms with E-state index in [9.17, 15) is 44.1 Å². The van der Waals surface area contributed by atoms with Crippen molar-refractivity contribution in [3.8, 4) is 11.5 Å². The molecule has 0 unspecified atom stereocenters. The van der Waals surface area contributed by atoms with Crippen molar-refractivity contribution >= 4 is 59.0 Å². The van der Waals surface area contributed by atoms with Gasteiger partial charge >= 0.3 is 5.97 Å². The number of thiol groups is 1. The zero-order valence-electron chi connectivity index (χ0n) is 33.5. The Kier molecular flexibility index (Phi) is 15.2. The molecule has 0 radical (unpaired) electrons. The standard InChI is InChI=1S/C43H49N9O9S/c53-28-11-7-24(8-12-28)16-33(48-38(55)32-6-3-15-45-32)39(56)52-37(22-62)42(59)49-34(18-26-20-46-31-5-2-1-4-30(26)31)40(57)50-35(19-27-21-44-23-47-27)41(58)51-36(43(60)61)17-25-9-13-29(54)14-10-25/h1-2,4-5,7-14,20-21,23,32-37,45-46,53-54,62H,3,6,15-19,22H2,(H,44,47)(H,48,55)(H,49,59)(H,50,57)(H,51,58)(H,52,56)(H,60,61)/t32-,33-,34-,35-,36-,37-/m0/s1. The zero-order valence-corrected chi connectivity index (χ0v) is 34.4. The number of aromatic hydroxyl groups is 2. The smallest absolute Gasteiger partial charge is 0.326 e. The molecule has 0 aliphatic carbocycles. The molecule has 1 saturated heterocycles. The maximum absolute atomic E-state index is 14.4. The number of carboxylic acids is 1. The van der Waals surface area contributed by atoms with E-state index < -0.39 is 65.8 Å². The van der Waals surface area contributed by atoms with Crippen LogP contribution in [0.5, 0.6) is 11.5 Å². The number of phenols is 2. The monoisotopic (exact) mass is 867 g/mol. The summed E-state index contributed by atoms with van der Waals surface area (Å²) in [6.45, 7) is 0.653. The lowest BCUT2D eigenvalue weighted by molar-refractivity contribution is -0.142. The molecule has 1 aliphatic heterocycles. The fraction of sp³-hybridized carbons (Fsp3) is 0.326. The van der Waals surface area contributed by atoms with Crippen LogP contribution in [0.4, 0.5) is 0 Å². The normalized spacial score (nSPS) is 16.0. The fourth-order valence-corrected chi connectivity index (χ4v) is 7.42. The minimum atomic E-state index is -1.41. The van der Waals surface area contributed by atoms with Crippen LogP contribution in [-0.4, -0.2) is 114 Å². The number of carboxylic acid groups (broad SMARTS) is 1. The van der Waals surface area contributed by atoms with Crippen LogP contribution in [0.15, 0.2) is 91.5 Å². The number of carbonyl (C=O) groups is 6. The van der Waals surface area contributed by atoms with Crippen LogP contribution in [-0.2, 0) is 54.5 Å². The highest BCUT2D eigenvalue weighted by atomic mass is 32.1. The number of nitrogens with one attached hydrogen (secondary N) is 8. The van der Waals surface area contributed by atoms with Gasteiger partial charge in [0.1, 0.15) is 41.7 Å². The van der Waals surface area contributed by atoms with Gasteiger partial charge < -0.3 is 57.2 Å². The van der Waals surface area contributed by atoms with E-state index in [1.807, 2.05) is 24.3 Å². The van der Waals surface area contributed by atoms with Gasteiger partial charge in [-0.05, 0) is 66.4 Å². The Hall–Kier alpha value is -6.86. The van der Waals surface area contributed by atoms with E-state index in [0.717, 1.165) is 17.3 Å². The maximum atomic E-state index is 14.4. The highest BCUT2D eigenvalue weighted by Crippen LogP contribution is 2.20. The second kappa shape index (κ2) is 21.1. The predicted octanol–water partition coefficient (Wildman–Crippen LogP) is 0.763. The average Bonchev–Trinajstić information content (AvgIpc) is 4.07. The predicted molar refractivity (Wildman–Crippen MR) is 230 cm³/mol. The van der Waals surface area contributed by atoms with Crippen LogP contribution in [0.25, 0.3) is 10.9 Å². The van der Waals surface area contributed by atoms with E-state index >= 15 is 0 Å². The minimum Gasteiger partial charge on any atom is -0.508 e. The Morgan fingerprint density at radius 1 is 0.677 bits per heavy atom. The molecule has 1 fully saturated rings. The summed E-state index contributed by atoms with van der Waals surface area (Å²) in [5, 5.41) is 46.8. The lowest BCUT2D eigenvalue weighted by Crippen LogP contribution is -2.60. The SMILES string of the molecule is O=C(O)[C@H](Cc1ccc(O)cc1)NC(=O)[C@H](Cc1cnc[nH]1)NC(=O)[C@H](Cc1c[nH]c2ccccc12)NC(=O)[C@H](CS)NC(=O)[C@H](Cc1ccc(O)cc1)NC(=O)[C@@H]1CCCN1. The first-order valence-corrected chi connectivity index (χ1v) is 20.7. The number of hydrogen-bond acceptors (Lipinski definition) is 11. The van der Waals surface area contributed by atoms with E-state index in [4.69, 9.17) is 0 Å². The summed E-state index contributed by atoms with van der Waals surface area (Å²) in [5.41, 5.74) is 3.03. The third-order valence-corrected chi connectivity index (χ3v) is 10.9. The molecule has 62 heavy (non-hydrogen) atoms. The molecule has 5 amide bonds. The van der Waals surface area contributed by atoms with Crippen LogP contribution < -0.4 is 31.9 Å². The first-order chi connectivity index (χ1) is 29.9. The number of aromatic nitrogens is 3. The molecule has 0 bridgehead atoms. The van der Waals surface area contributed by atoms with Gasteiger partial charge in [-0.2, -0.15) is 12.6 Å². The minimum absolute atomic E-state index is 0.0139. The Bertz CT molecular complexity index is 2330. The van der Waals surface area contributed by atoms with Crippen LogP contribution in [0.2, 0.25) is 0 Å². The molecule has 1 aliphatic rings. The van der Waals surface area contributed by atoms with Crippen molar-refractivity contribution in [3.63, 3.8) is 0 Å². The molecule has 2 aromatic heterocycles. The highest BCUT2D eigenvalue weighted by Gasteiger charge is 2.34. The van der Waals surface area contributed by atoms with Crippen LogP contribution in [0, 0.1) is 0 Å². The number of para-hydroxylation sites is 1. The zero-order chi connectivity index (χ0) is 44.2. The maximum Gasteiger partial charge on any atom is 0.326 e. The van der Waals surface area contributed by atoms with Gasteiger partial charge in [0.05, 0.1) is 12.4 Å². The van der Waals surface area contributed by atoms with Crippen molar-refractivity contribution in [2.75, 3.05) is 12.3 Å². The van der Waals surface area contributed by atoms with Crippen molar-refractivity contribution in [1.82, 2.24) is 46.9 Å². The molecule has 3 heterocycles. The Morgan fingerprint density at radius 3 is 1.79 bits per heavy atom. The first-order valence-electron chi connectivity index (χ1n) is 20.0. The van der Waals surface area contributed by atoms with E-state index in [1.165, 1.54) is 48.9 Å². The molecule has 6 atom stereocenters. The summed E-state index contributed by atoms with van der Waals surface area (Å²) in [6, 6.07) is 12.3. The number of fused-ring (bicyclic) bond motifs is 1. The fourth-order valence-electron chi connectivity index (χ4n) is 7.16. The third-order valence-electron chi connectivity index (χ3n) is 10.5. The molecule has 18 nitrogen and oxygen atoms in total. The quantitative estimate of drug-likeness (QED) is 0.0486. The van der Waals surface area contributed by atoms with Crippen molar-refractivity contribution in [2.45, 2.75) is 74.8 Å². The number of aromatic amines is 2. The molecule has 11 N–H and O–H groups in total. The van der Waals surface area contributed by atoms with Crippen LogP contribution >= 0.6 is 12.6 Å². The van der Waals surface area contributed by atoms with Gasteiger partial charge in [0.15, 0.2) is 0 Å². The summed E-state index contributed by atoms with van der Waals surface area (Å²) < 4.78 is 0. The molecule has 6 rings (SSSR count). The van der Waals surface area contributed by atoms with E-state index in [0.29, 0.717) is 35.3 Å². The van der Waals surface area contributed by atoms with Gasteiger partial charge in [-0.3, -0.25) is 24.0 Å². The van der Waals surface area contributed by atoms with Crippen molar-refractivity contribution < 1.29 is 44.1 Å². The highest BCUT2D eigenvalue weighted by molar-refractivity contribution is 7.80. The molecule has 5 aromatic rings. The molecular formula is C43H49N9O9S. The number of aliphatic carboxylic acids is 1. The summed E-state index contributed by atoms with van der Waals surface area (Å²) in [4.78, 5) is 91.8. The number of carbonyl (C=O) groups excluding carboxylic acids is 5.